The van der Waals surface area contributed by atoms with E-state index in [2.05, 4.69) is 23.1 Å². The van der Waals surface area contributed by atoms with Crippen LogP contribution in [0.3, 0.4) is 0 Å². The average molecular weight is 137 g/mol. The van der Waals surface area contributed by atoms with Gasteiger partial charge in [-0.05, 0) is 6.92 Å². The van der Waals surface area contributed by atoms with Gasteiger partial charge < -0.3 is 0 Å². The van der Waals surface area contributed by atoms with Gasteiger partial charge in [-0.15, -0.1) is 6.42 Å². The van der Waals surface area contributed by atoms with E-state index in [0.717, 1.165) is 26.2 Å². The molecular formula is C8H13N2. The van der Waals surface area contributed by atoms with E-state index in [1.54, 1.807) is 0 Å². The first-order valence-corrected chi connectivity index (χ1v) is 3.68. The zero-order chi connectivity index (χ0) is 7.40. The number of hydrogen-bond acceptors (Lipinski definition) is 1. The van der Waals surface area contributed by atoms with Gasteiger partial charge >= 0.3 is 0 Å². The zero-order valence-electron chi connectivity index (χ0n) is 6.38. The summed E-state index contributed by atoms with van der Waals surface area (Å²) in [5.41, 5.74) is 0. The van der Waals surface area contributed by atoms with Gasteiger partial charge in [0.05, 0.1) is 6.04 Å². The molecule has 1 aliphatic heterocycles. The predicted molar refractivity (Wildman–Crippen MR) is 41.7 cm³/mol. The Morgan fingerprint density at radius 1 is 1.50 bits per heavy atom. The molecule has 0 spiro atoms. The van der Waals surface area contributed by atoms with Crippen molar-refractivity contribution in [2.24, 2.45) is 0 Å². The van der Waals surface area contributed by atoms with E-state index in [-0.39, 0.29) is 6.04 Å². The van der Waals surface area contributed by atoms with Gasteiger partial charge in [0.25, 0.3) is 0 Å². The number of hydrogen-bond donors (Lipinski definition) is 0. The Morgan fingerprint density at radius 3 is 2.60 bits per heavy atom. The largest absolute Gasteiger partial charge is 0.287 e. The molecule has 1 atom stereocenters. The van der Waals surface area contributed by atoms with Crippen LogP contribution in [0.4, 0.5) is 0 Å². The number of rotatable bonds is 1. The van der Waals surface area contributed by atoms with Crippen LogP contribution in [0.15, 0.2) is 0 Å². The van der Waals surface area contributed by atoms with Gasteiger partial charge in [-0.2, -0.15) is 0 Å². The molecule has 1 heterocycles. The Bertz CT molecular complexity index is 131. The van der Waals surface area contributed by atoms with Crippen molar-refractivity contribution in [3.8, 4) is 12.3 Å². The summed E-state index contributed by atoms with van der Waals surface area (Å²) in [6, 6.07) is 0.287. The molecule has 2 heteroatoms. The Kier molecular flexibility index (Phi) is 2.73. The second kappa shape index (κ2) is 3.60. The highest BCUT2D eigenvalue weighted by Gasteiger charge is 2.13. The molecule has 0 N–H and O–H groups in total. The summed E-state index contributed by atoms with van der Waals surface area (Å²) in [6.45, 7) is 6.03. The maximum absolute atomic E-state index is 5.28. The molecule has 0 saturated carbocycles. The highest BCUT2D eigenvalue weighted by Crippen LogP contribution is 1.98. The lowest BCUT2D eigenvalue weighted by Gasteiger charge is -2.28. The standard InChI is InChI=1S/C8H13N2/c1-3-8(2)10-6-4-9-5-7-10/h1,8H,4-7H2,2H3. The number of piperazine rings is 1. The van der Waals surface area contributed by atoms with Crippen LogP contribution in [0.25, 0.3) is 0 Å². The molecule has 0 bridgehead atoms. The van der Waals surface area contributed by atoms with Crippen LogP contribution in [0, 0.1) is 12.3 Å². The first-order chi connectivity index (χ1) is 4.84. The molecule has 1 aliphatic rings. The maximum atomic E-state index is 5.28. The van der Waals surface area contributed by atoms with Crippen molar-refractivity contribution in [2.45, 2.75) is 13.0 Å². The summed E-state index contributed by atoms with van der Waals surface area (Å²) in [5, 5.41) is 4.23. The lowest BCUT2D eigenvalue weighted by Crippen LogP contribution is -2.44. The van der Waals surface area contributed by atoms with E-state index in [9.17, 15) is 0 Å². The van der Waals surface area contributed by atoms with Crippen LogP contribution in [-0.2, 0) is 0 Å². The molecule has 1 saturated heterocycles. The van der Waals surface area contributed by atoms with Gasteiger partial charge in [-0.1, -0.05) is 5.92 Å². The molecule has 0 aromatic carbocycles. The van der Waals surface area contributed by atoms with Gasteiger partial charge in [0.2, 0.25) is 0 Å². The van der Waals surface area contributed by atoms with Crippen LogP contribution in [0.1, 0.15) is 6.92 Å². The maximum Gasteiger partial charge on any atom is 0.0684 e. The quantitative estimate of drug-likeness (QED) is 0.462. The molecule has 1 rings (SSSR count). The Morgan fingerprint density at radius 2 is 2.10 bits per heavy atom. The van der Waals surface area contributed by atoms with Crippen molar-refractivity contribution >= 4 is 0 Å². The Labute approximate surface area is 62.6 Å². The van der Waals surface area contributed by atoms with Crippen LogP contribution >= 0.6 is 0 Å². The predicted octanol–water partition coefficient (Wildman–Crippen LogP) is -0.0719. The molecule has 0 aromatic heterocycles. The van der Waals surface area contributed by atoms with Gasteiger partial charge in [0.15, 0.2) is 0 Å². The van der Waals surface area contributed by atoms with Crippen molar-refractivity contribution in [3.63, 3.8) is 0 Å². The van der Waals surface area contributed by atoms with E-state index < -0.39 is 0 Å². The summed E-state index contributed by atoms with van der Waals surface area (Å²) in [7, 11) is 0. The zero-order valence-corrected chi connectivity index (χ0v) is 6.38. The lowest BCUT2D eigenvalue weighted by molar-refractivity contribution is 0.216. The van der Waals surface area contributed by atoms with Crippen molar-refractivity contribution < 1.29 is 0 Å². The molecule has 1 unspecified atom stereocenters. The van der Waals surface area contributed by atoms with Crippen molar-refractivity contribution in [2.75, 3.05) is 26.2 Å². The summed E-state index contributed by atoms with van der Waals surface area (Å²) < 4.78 is 0. The molecule has 55 valence electrons. The first-order valence-electron chi connectivity index (χ1n) is 3.68. The van der Waals surface area contributed by atoms with Crippen LogP contribution in [-0.4, -0.2) is 37.1 Å². The normalized spacial score (nSPS) is 23.6. The highest BCUT2D eigenvalue weighted by molar-refractivity contribution is 4.97. The van der Waals surface area contributed by atoms with Gasteiger partial charge in [-0.25, -0.2) is 5.32 Å². The van der Waals surface area contributed by atoms with Crippen LogP contribution < -0.4 is 5.32 Å². The third kappa shape index (κ3) is 1.73. The van der Waals surface area contributed by atoms with E-state index in [0.29, 0.717) is 0 Å². The highest BCUT2D eigenvalue weighted by atomic mass is 15.2. The van der Waals surface area contributed by atoms with E-state index in [4.69, 9.17) is 6.42 Å². The second-order valence-corrected chi connectivity index (χ2v) is 2.55. The van der Waals surface area contributed by atoms with Crippen LogP contribution in [0.5, 0.6) is 0 Å². The minimum absolute atomic E-state index is 0.287. The smallest absolute Gasteiger partial charge is 0.0684 e. The van der Waals surface area contributed by atoms with Gasteiger partial charge in [0, 0.05) is 26.2 Å². The van der Waals surface area contributed by atoms with Crippen LogP contribution in [0.2, 0.25) is 0 Å². The molecule has 0 aromatic rings. The number of terminal acetylenes is 1. The minimum atomic E-state index is 0.287. The van der Waals surface area contributed by atoms with E-state index >= 15 is 0 Å². The first kappa shape index (κ1) is 7.59. The fourth-order valence-electron chi connectivity index (χ4n) is 1.11. The molecule has 0 aliphatic carbocycles. The van der Waals surface area contributed by atoms with Crippen molar-refractivity contribution in [1.82, 2.24) is 10.2 Å². The molecular weight excluding hydrogens is 124 g/mol. The molecule has 0 amide bonds. The second-order valence-electron chi connectivity index (χ2n) is 2.55. The summed E-state index contributed by atoms with van der Waals surface area (Å²) in [6.07, 6.45) is 5.28. The average Bonchev–Trinajstić information content (AvgIpc) is 2.05. The fourth-order valence-corrected chi connectivity index (χ4v) is 1.11. The fraction of sp³-hybridized carbons (Fsp3) is 0.750. The summed E-state index contributed by atoms with van der Waals surface area (Å²) >= 11 is 0. The van der Waals surface area contributed by atoms with E-state index in [1.807, 2.05) is 0 Å². The summed E-state index contributed by atoms with van der Waals surface area (Å²) in [4.78, 5) is 2.28. The van der Waals surface area contributed by atoms with Gasteiger partial charge in [0.1, 0.15) is 0 Å². The van der Waals surface area contributed by atoms with Gasteiger partial charge in [-0.3, -0.25) is 4.90 Å². The Hall–Kier alpha value is -0.520. The topological polar surface area (TPSA) is 17.3 Å². The minimum Gasteiger partial charge on any atom is -0.287 e. The SMILES string of the molecule is C#CC(C)N1CC[N]CC1. The molecule has 10 heavy (non-hydrogen) atoms. The van der Waals surface area contributed by atoms with Crippen molar-refractivity contribution in [3.05, 3.63) is 0 Å². The third-order valence-corrected chi connectivity index (χ3v) is 1.88. The van der Waals surface area contributed by atoms with Crippen molar-refractivity contribution in [1.29, 1.82) is 0 Å². The lowest BCUT2D eigenvalue weighted by atomic mass is 10.2. The number of nitrogens with zero attached hydrogens (tertiary/aromatic N) is 2. The summed E-state index contributed by atoms with van der Waals surface area (Å²) in [5.74, 6) is 2.72. The monoisotopic (exact) mass is 137 g/mol. The Balaban J connectivity index is 2.33. The molecule has 1 radical (unpaired) electrons. The van der Waals surface area contributed by atoms with E-state index in [1.165, 1.54) is 0 Å². The molecule has 1 fully saturated rings. The molecule has 2 nitrogen and oxygen atoms in total. The third-order valence-electron chi connectivity index (χ3n) is 1.88.